The van der Waals surface area contributed by atoms with E-state index in [0.29, 0.717) is 37.7 Å². The van der Waals surface area contributed by atoms with Crippen LogP contribution in [0.1, 0.15) is 31.2 Å². The molecule has 1 saturated carbocycles. The summed E-state index contributed by atoms with van der Waals surface area (Å²) in [5.74, 6) is 0.706. The summed E-state index contributed by atoms with van der Waals surface area (Å²) in [6.45, 7) is 2.10. The lowest BCUT2D eigenvalue weighted by atomic mass is 9.76. The third-order valence-electron chi connectivity index (χ3n) is 4.41. The normalized spacial score (nSPS) is 27.0. The molecule has 1 aromatic rings. The van der Waals surface area contributed by atoms with Gasteiger partial charge in [-0.3, -0.25) is 4.79 Å². The van der Waals surface area contributed by atoms with Crippen LogP contribution in [-0.2, 0) is 20.9 Å². The highest BCUT2D eigenvalue weighted by molar-refractivity contribution is 5.76. The topological polar surface area (TPSA) is 47.6 Å². The van der Waals surface area contributed by atoms with Gasteiger partial charge in [-0.15, -0.1) is 0 Å². The van der Waals surface area contributed by atoms with Gasteiger partial charge in [-0.25, -0.2) is 0 Å². The van der Waals surface area contributed by atoms with Crippen LogP contribution in [0.15, 0.2) is 30.3 Å². The molecule has 4 heteroatoms. The molecule has 3 rings (SSSR count). The smallest absolute Gasteiger partial charge is 0.220 e. The minimum atomic E-state index is 0.147. The lowest BCUT2D eigenvalue weighted by Gasteiger charge is -2.39. The molecule has 21 heavy (non-hydrogen) atoms. The average Bonchev–Trinajstić information content (AvgIpc) is 2.87. The third-order valence-corrected chi connectivity index (χ3v) is 4.41. The molecule has 2 fully saturated rings. The summed E-state index contributed by atoms with van der Waals surface area (Å²) in [5, 5.41) is 3.12. The first-order valence-corrected chi connectivity index (χ1v) is 7.85. The zero-order chi connectivity index (χ0) is 14.5. The van der Waals surface area contributed by atoms with Crippen LogP contribution in [0, 0.1) is 5.92 Å². The minimum absolute atomic E-state index is 0.147. The second-order valence-electron chi connectivity index (χ2n) is 5.91. The van der Waals surface area contributed by atoms with Gasteiger partial charge in [0.15, 0.2) is 0 Å². The average molecular weight is 289 g/mol. The van der Waals surface area contributed by atoms with E-state index >= 15 is 0 Å². The molecular formula is C17H23NO3. The molecule has 114 valence electrons. The molecule has 0 radical (unpaired) electrons. The molecule has 0 aromatic heterocycles. The number of benzene rings is 1. The van der Waals surface area contributed by atoms with Crippen molar-refractivity contribution in [2.45, 2.75) is 44.4 Å². The van der Waals surface area contributed by atoms with Crippen molar-refractivity contribution in [3.05, 3.63) is 35.9 Å². The van der Waals surface area contributed by atoms with Gasteiger partial charge in [-0.05, 0) is 24.8 Å². The van der Waals surface area contributed by atoms with Crippen LogP contribution in [0.25, 0.3) is 0 Å². The molecule has 1 heterocycles. The van der Waals surface area contributed by atoms with E-state index in [0.717, 1.165) is 25.9 Å². The fraction of sp³-hybridized carbons (Fsp3) is 0.588. The zero-order valence-electron chi connectivity index (χ0n) is 12.3. The second kappa shape index (κ2) is 7.05. The zero-order valence-corrected chi connectivity index (χ0v) is 12.3. The van der Waals surface area contributed by atoms with Crippen molar-refractivity contribution in [3.63, 3.8) is 0 Å². The van der Waals surface area contributed by atoms with Crippen molar-refractivity contribution >= 4 is 5.91 Å². The number of carbonyl (C=O) groups excluding carboxylic acids is 1. The fourth-order valence-corrected chi connectivity index (χ4v) is 3.14. The quantitative estimate of drug-likeness (QED) is 0.783. The maximum Gasteiger partial charge on any atom is 0.220 e. The van der Waals surface area contributed by atoms with Crippen molar-refractivity contribution in [2.24, 2.45) is 5.92 Å². The van der Waals surface area contributed by atoms with Gasteiger partial charge in [0.2, 0.25) is 5.91 Å². The first-order chi connectivity index (χ1) is 10.3. The summed E-state index contributed by atoms with van der Waals surface area (Å²) in [7, 11) is 0. The summed E-state index contributed by atoms with van der Waals surface area (Å²) in [5.41, 5.74) is 1.17. The maximum absolute atomic E-state index is 11.9. The van der Waals surface area contributed by atoms with E-state index in [-0.39, 0.29) is 5.91 Å². The van der Waals surface area contributed by atoms with Crippen LogP contribution >= 0.6 is 0 Å². The SMILES string of the molecule is O=C(CCCOCc1ccccc1)N[C@@H]1C[C@@H]2OCC[C@@H]21. The minimum Gasteiger partial charge on any atom is -0.378 e. The molecule has 4 nitrogen and oxygen atoms in total. The fourth-order valence-electron chi connectivity index (χ4n) is 3.14. The van der Waals surface area contributed by atoms with Crippen LogP contribution < -0.4 is 5.32 Å². The lowest BCUT2D eigenvalue weighted by molar-refractivity contribution is -0.124. The summed E-state index contributed by atoms with van der Waals surface area (Å²) in [6, 6.07) is 10.4. The number of carbonyl (C=O) groups is 1. The van der Waals surface area contributed by atoms with E-state index in [4.69, 9.17) is 9.47 Å². The molecule has 1 N–H and O–H groups in total. The van der Waals surface area contributed by atoms with Crippen LogP contribution in [0.3, 0.4) is 0 Å². The first-order valence-electron chi connectivity index (χ1n) is 7.85. The monoisotopic (exact) mass is 289 g/mol. The van der Waals surface area contributed by atoms with Crippen molar-refractivity contribution in [1.82, 2.24) is 5.32 Å². The lowest BCUT2D eigenvalue weighted by Crippen LogP contribution is -2.53. The molecule has 0 unspecified atom stereocenters. The Balaban J connectivity index is 1.25. The van der Waals surface area contributed by atoms with Crippen LogP contribution in [0.4, 0.5) is 0 Å². The Morgan fingerprint density at radius 1 is 1.33 bits per heavy atom. The number of amides is 1. The Morgan fingerprint density at radius 2 is 2.19 bits per heavy atom. The van der Waals surface area contributed by atoms with Crippen LogP contribution in [0.5, 0.6) is 0 Å². The third kappa shape index (κ3) is 3.83. The van der Waals surface area contributed by atoms with Crippen molar-refractivity contribution in [1.29, 1.82) is 0 Å². The van der Waals surface area contributed by atoms with Crippen LogP contribution in [-0.4, -0.2) is 31.3 Å². The highest BCUT2D eigenvalue weighted by Gasteiger charge is 2.45. The van der Waals surface area contributed by atoms with Gasteiger partial charge in [0, 0.05) is 31.6 Å². The number of fused-ring (bicyclic) bond motifs is 1. The van der Waals surface area contributed by atoms with Gasteiger partial charge in [0.25, 0.3) is 0 Å². The van der Waals surface area contributed by atoms with Gasteiger partial charge in [0.05, 0.1) is 12.7 Å². The maximum atomic E-state index is 11.9. The number of ether oxygens (including phenoxy) is 2. The molecule has 3 atom stereocenters. The summed E-state index contributed by atoms with van der Waals surface area (Å²) in [6.07, 6.45) is 3.81. The van der Waals surface area contributed by atoms with Crippen LogP contribution in [0.2, 0.25) is 0 Å². The molecule has 1 aromatic carbocycles. The van der Waals surface area contributed by atoms with Gasteiger partial charge < -0.3 is 14.8 Å². The number of hydrogen-bond donors (Lipinski definition) is 1. The highest BCUT2D eigenvalue weighted by atomic mass is 16.5. The molecule has 1 saturated heterocycles. The van der Waals surface area contributed by atoms with E-state index in [9.17, 15) is 4.79 Å². The van der Waals surface area contributed by atoms with Crippen molar-refractivity contribution < 1.29 is 14.3 Å². The predicted molar refractivity (Wildman–Crippen MR) is 79.7 cm³/mol. The molecule has 2 aliphatic rings. The van der Waals surface area contributed by atoms with E-state index in [1.165, 1.54) is 5.56 Å². The second-order valence-corrected chi connectivity index (χ2v) is 5.91. The van der Waals surface area contributed by atoms with Crippen molar-refractivity contribution in [3.8, 4) is 0 Å². The summed E-state index contributed by atoms with van der Waals surface area (Å²) >= 11 is 0. The van der Waals surface area contributed by atoms with Gasteiger partial charge in [-0.1, -0.05) is 30.3 Å². The molecule has 0 spiro atoms. The predicted octanol–water partition coefficient (Wildman–Crippen LogP) is 2.28. The first kappa shape index (κ1) is 14.5. The largest absolute Gasteiger partial charge is 0.378 e. The molecule has 1 amide bonds. The summed E-state index contributed by atoms with van der Waals surface area (Å²) < 4.78 is 11.1. The Hall–Kier alpha value is -1.39. The van der Waals surface area contributed by atoms with Gasteiger partial charge >= 0.3 is 0 Å². The highest BCUT2D eigenvalue weighted by Crippen LogP contribution is 2.38. The number of rotatable bonds is 7. The van der Waals surface area contributed by atoms with E-state index in [2.05, 4.69) is 5.32 Å². The Labute approximate surface area is 125 Å². The molecule has 1 aliphatic carbocycles. The van der Waals surface area contributed by atoms with Gasteiger partial charge in [-0.2, -0.15) is 0 Å². The Kier molecular flexibility index (Phi) is 4.88. The summed E-state index contributed by atoms with van der Waals surface area (Å²) in [4.78, 5) is 11.9. The Bertz CT molecular complexity index is 462. The van der Waals surface area contributed by atoms with E-state index < -0.39 is 0 Å². The number of hydrogen-bond acceptors (Lipinski definition) is 3. The van der Waals surface area contributed by atoms with Gasteiger partial charge in [0.1, 0.15) is 0 Å². The molecule has 1 aliphatic heterocycles. The Morgan fingerprint density at radius 3 is 3.00 bits per heavy atom. The van der Waals surface area contributed by atoms with E-state index in [1.54, 1.807) is 0 Å². The standard InChI is InChI=1S/C17H23NO3/c19-17(18-15-11-16-14(15)8-10-21-16)7-4-9-20-12-13-5-2-1-3-6-13/h1-3,5-6,14-16H,4,7-12H2,(H,18,19)/t14-,15-,16+/m1/s1. The molecular weight excluding hydrogens is 266 g/mol. The molecule has 0 bridgehead atoms. The number of nitrogens with one attached hydrogen (secondary N) is 1. The van der Waals surface area contributed by atoms with E-state index in [1.807, 2.05) is 30.3 Å². The van der Waals surface area contributed by atoms with Crippen molar-refractivity contribution in [2.75, 3.05) is 13.2 Å².